The number of hydrogen-bond acceptors (Lipinski definition) is 3. The van der Waals surface area contributed by atoms with Crippen molar-refractivity contribution in [2.24, 2.45) is 7.05 Å². The van der Waals surface area contributed by atoms with Crippen LogP contribution in [-0.2, 0) is 13.5 Å². The molecule has 3 rings (SSSR count). The summed E-state index contributed by atoms with van der Waals surface area (Å²) < 4.78 is 2.07. The standard InChI is InChI=1S/C15H22N4/c1-12(19-7-5-16-6-8-19)9-13-3-4-15-14(10-13)17-11-18(15)2/h3-4,10-12,16H,5-9H2,1-2H3. The third-order valence-electron chi connectivity index (χ3n) is 4.10. The smallest absolute Gasteiger partial charge is 0.0955 e. The van der Waals surface area contributed by atoms with Crippen molar-refractivity contribution in [3.05, 3.63) is 30.1 Å². The van der Waals surface area contributed by atoms with E-state index in [1.54, 1.807) is 0 Å². The number of nitrogens with one attached hydrogen (secondary N) is 1. The predicted molar refractivity (Wildman–Crippen MR) is 78.3 cm³/mol. The van der Waals surface area contributed by atoms with Crippen LogP contribution in [0.15, 0.2) is 24.5 Å². The normalized spacial score (nSPS) is 18.8. The van der Waals surface area contributed by atoms with Crippen LogP contribution in [-0.4, -0.2) is 46.7 Å². The number of nitrogens with zero attached hydrogens (tertiary/aromatic N) is 3. The summed E-state index contributed by atoms with van der Waals surface area (Å²) in [6.45, 7) is 6.88. The van der Waals surface area contributed by atoms with E-state index >= 15 is 0 Å². The number of imidazole rings is 1. The van der Waals surface area contributed by atoms with Crippen LogP contribution >= 0.6 is 0 Å². The maximum atomic E-state index is 4.44. The van der Waals surface area contributed by atoms with Crippen LogP contribution in [0.2, 0.25) is 0 Å². The van der Waals surface area contributed by atoms with Gasteiger partial charge in [-0.3, -0.25) is 4.90 Å². The molecule has 1 fully saturated rings. The fourth-order valence-corrected chi connectivity index (χ4v) is 2.90. The quantitative estimate of drug-likeness (QED) is 0.903. The predicted octanol–water partition coefficient (Wildman–Crippen LogP) is 1.41. The maximum Gasteiger partial charge on any atom is 0.0955 e. The van der Waals surface area contributed by atoms with Gasteiger partial charge in [0.1, 0.15) is 0 Å². The van der Waals surface area contributed by atoms with Gasteiger partial charge in [0.05, 0.1) is 17.4 Å². The van der Waals surface area contributed by atoms with Gasteiger partial charge in [-0.1, -0.05) is 6.07 Å². The molecule has 4 heteroatoms. The first-order valence-corrected chi connectivity index (χ1v) is 7.09. The highest BCUT2D eigenvalue weighted by atomic mass is 15.2. The zero-order valence-corrected chi connectivity index (χ0v) is 11.8. The average Bonchev–Trinajstić information content (AvgIpc) is 2.81. The van der Waals surface area contributed by atoms with Crippen molar-refractivity contribution in [1.82, 2.24) is 19.8 Å². The second-order valence-corrected chi connectivity index (χ2v) is 5.52. The topological polar surface area (TPSA) is 33.1 Å². The molecule has 1 atom stereocenters. The molecule has 2 aromatic rings. The first-order chi connectivity index (χ1) is 9.24. The molecule has 1 aliphatic heterocycles. The van der Waals surface area contributed by atoms with Crippen molar-refractivity contribution in [2.45, 2.75) is 19.4 Å². The second-order valence-electron chi connectivity index (χ2n) is 5.52. The van der Waals surface area contributed by atoms with Crippen LogP contribution < -0.4 is 5.32 Å². The summed E-state index contributed by atoms with van der Waals surface area (Å²) in [5.74, 6) is 0. The Hall–Kier alpha value is -1.39. The van der Waals surface area contributed by atoms with Crippen LogP contribution in [0.4, 0.5) is 0 Å². The molecule has 4 nitrogen and oxygen atoms in total. The lowest BCUT2D eigenvalue weighted by molar-refractivity contribution is 0.183. The number of rotatable bonds is 3. The van der Waals surface area contributed by atoms with Gasteiger partial charge in [0.25, 0.3) is 0 Å². The van der Waals surface area contributed by atoms with Gasteiger partial charge in [0.2, 0.25) is 0 Å². The molecular formula is C15H22N4. The maximum absolute atomic E-state index is 4.44. The lowest BCUT2D eigenvalue weighted by atomic mass is 10.0. The number of hydrogen-bond donors (Lipinski definition) is 1. The molecule has 2 heterocycles. The van der Waals surface area contributed by atoms with Crippen molar-refractivity contribution in [2.75, 3.05) is 26.2 Å². The Morgan fingerprint density at radius 2 is 2.11 bits per heavy atom. The van der Waals surface area contributed by atoms with Crippen molar-refractivity contribution >= 4 is 11.0 Å². The van der Waals surface area contributed by atoms with Crippen molar-refractivity contribution in [3.8, 4) is 0 Å². The van der Waals surface area contributed by atoms with Crippen LogP contribution in [0.3, 0.4) is 0 Å². The van der Waals surface area contributed by atoms with Crippen LogP contribution in [0.25, 0.3) is 11.0 Å². The second kappa shape index (κ2) is 5.31. The first kappa shape index (κ1) is 12.6. The Balaban J connectivity index is 1.73. The van der Waals surface area contributed by atoms with Gasteiger partial charge in [0.15, 0.2) is 0 Å². The third-order valence-corrected chi connectivity index (χ3v) is 4.10. The Kier molecular flexibility index (Phi) is 3.53. The van der Waals surface area contributed by atoms with Gasteiger partial charge in [0, 0.05) is 39.3 Å². The molecule has 1 N–H and O–H groups in total. The summed E-state index contributed by atoms with van der Waals surface area (Å²) in [6, 6.07) is 7.25. The van der Waals surface area contributed by atoms with E-state index in [2.05, 4.69) is 44.9 Å². The minimum absolute atomic E-state index is 0.600. The van der Waals surface area contributed by atoms with Gasteiger partial charge in [-0.2, -0.15) is 0 Å². The highest BCUT2D eigenvalue weighted by Gasteiger charge is 2.16. The van der Waals surface area contributed by atoms with E-state index in [1.165, 1.54) is 11.1 Å². The molecule has 0 saturated carbocycles. The third kappa shape index (κ3) is 2.65. The molecule has 1 aromatic heterocycles. The van der Waals surface area contributed by atoms with Crippen molar-refractivity contribution < 1.29 is 0 Å². The van der Waals surface area contributed by atoms with E-state index in [0.717, 1.165) is 38.1 Å². The molecule has 1 unspecified atom stereocenters. The van der Waals surface area contributed by atoms with Gasteiger partial charge in [-0.05, 0) is 31.0 Å². The van der Waals surface area contributed by atoms with E-state index in [4.69, 9.17) is 0 Å². The van der Waals surface area contributed by atoms with Crippen molar-refractivity contribution in [3.63, 3.8) is 0 Å². The fourth-order valence-electron chi connectivity index (χ4n) is 2.90. The van der Waals surface area contributed by atoms with E-state index < -0.39 is 0 Å². The lowest BCUT2D eigenvalue weighted by Gasteiger charge is -2.32. The Morgan fingerprint density at radius 1 is 1.32 bits per heavy atom. The summed E-state index contributed by atoms with van der Waals surface area (Å²) in [5.41, 5.74) is 3.70. The largest absolute Gasteiger partial charge is 0.334 e. The monoisotopic (exact) mass is 258 g/mol. The summed E-state index contributed by atoms with van der Waals surface area (Å²) >= 11 is 0. The minimum atomic E-state index is 0.600. The van der Waals surface area contributed by atoms with Crippen LogP contribution in [0.1, 0.15) is 12.5 Å². The summed E-state index contributed by atoms with van der Waals surface area (Å²) in [5, 5.41) is 3.41. The van der Waals surface area contributed by atoms with Crippen molar-refractivity contribution in [1.29, 1.82) is 0 Å². The molecule has 102 valence electrons. The highest BCUT2D eigenvalue weighted by molar-refractivity contribution is 5.75. The zero-order valence-electron chi connectivity index (χ0n) is 11.8. The van der Waals surface area contributed by atoms with E-state index in [1.807, 2.05) is 13.4 Å². The Morgan fingerprint density at radius 3 is 2.89 bits per heavy atom. The molecule has 0 radical (unpaired) electrons. The van der Waals surface area contributed by atoms with Crippen LogP contribution in [0.5, 0.6) is 0 Å². The number of piperazine rings is 1. The molecule has 0 bridgehead atoms. The summed E-state index contributed by atoms with van der Waals surface area (Å²) in [4.78, 5) is 7.01. The first-order valence-electron chi connectivity index (χ1n) is 7.09. The summed E-state index contributed by atoms with van der Waals surface area (Å²) in [7, 11) is 2.04. The van der Waals surface area contributed by atoms with Gasteiger partial charge in [-0.25, -0.2) is 4.98 Å². The molecule has 0 spiro atoms. The molecule has 19 heavy (non-hydrogen) atoms. The van der Waals surface area contributed by atoms with Gasteiger partial charge < -0.3 is 9.88 Å². The van der Waals surface area contributed by atoms with Crippen LogP contribution in [0, 0.1) is 0 Å². The van der Waals surface area contributed by atoms with E-state index in [9.17, 15) is 0 Å². The number of fused-ring (bicyclic) bond motifs is 1. The molecular weight excluding hydrogens is 236 g/mol. The molecule has 1 saturated heterocycles. The van der Waals surface area contributed by atoms with E-state index in [0.29, 0.717) is 6.04 Å². The number of aromatic nitrogens is 2. The van der Waals surface area contributed by atoms with Gasteiger partial charge in [-0.15, -0.1) is 0 Å². The molecule has 1 aliphatic rings. The average molecular weight is 258 g/mol. The van der Waals surface area contributed by atoms with Gasteiger partial charge >= 0.3 is 0 Å². The Bertz CT molecular complexity index is 554. The minimum Gasteiger partial charge on any atom is -0.334 e. The zero-order chi connectivity index (χ0) is 13.2. The summed E-state index contributed by atoms with van der Waals surface area (Å²) in [6.07, 6.45) is 2.99. The highest BCUT2D eigenvalue weighted by Crippen LogP contribution is 2.16. The lowest BCUT2D eigenvalue weighted by Crippen LogP contribution is -2.48. The SMILES string of the molecule is CC(Cc1ccc2c(c1)ncn2C)N1CCNCC1. The molecule has 0 aliphatic carbocycles. The molecule has 1 aromatic carbocycles. The number of aryl methyl sites for hydroxylation is 1. The fraction of sp³-hybridized carbons (Fsp3) is 0.533. The molecule has 0 amide bonds. The number of benzene rings is 1. The Labute approximate surface area is 114 Å². The van der Waals surface area contributed by atoms with E-state index in [-0.39, 0.29) is 0 Å².